The summed E-state index contributed by atoms with van der Waals surface area (Å²) in [5.41, 5.74) is -0.0995. The Kier molecular flexibility index (Phi) is 8.59. The van der Waals surface area contributed by atoms with Crippen LogP contribution in [0.25, 0.3) is 22.6 Å². The van der Waals surface area contributed by atoms with Crippen LogP contribution >= 0.6 is 0 Å². The molecule has 0 aliphatic carbocycles. The van der Waals surface area contributed by atoms with Crippen LogP contribution in [0.1, 0.15) is 56.1 Å². The fourth-order valence-electron chi connectivity index (χ4n) is 4.97. The summed E-state index contributed by atoms with van der Waals surface area (Å²) in [7, 11) is 0. The monoisotopic (exact) mass is 595 g/mol. The molecule has 2 amide bonds. The van der Waals surface area contributed by atoms with Gasteiger partial charge in [-0.05, 0) is 32.8 Å². The number of rotatable bonds is 11. The summed E-state index contributed by atoms with van der Waals surface area (Å²) in [4.78, 5) is 51.0. The van der Waals surface area contributed by atoms with E-state index in [4.69, 9.17) is 0 Å². The topological polar surface area (TPSA) is 171 Å². The molecule has 4 N–H and O–H groups in total. The predicted octanol–water partition coefficient (Wildman–Crippen LogP) is 2.75. The molecule has 0 bridgehead atoms. The van der Waals surface area contributed by atoms with E-state index < -0.39 is 28.7 Å². The number of amides is 2. The molecule has 15 heteroatoms. The van der Waals surface area contributed by atoms with Crippen molar-refractivity contribution in [3.05, 3.63) is 58.3 Å². The van der Waals surface area contributed by atoms with Crippen LogP contribution in [-0.4, -0.2) is 77.2 Å². The Morgan fingerprint density at radius 2 is 2.00 bits per heavy atom. The number of anilines is 1. The van der Waals surface area contributed by atoms with Crippen molar-refractivity contribution >= 4 is 28.7 Å². The summed E-state index contributed by atoms with van der Waals surface area (Å²) >= 11 is 0. The van der Waals surface area contributed by atoms with Gasteiger partial charge in [0.25, 0.3) is 5.91 Å². The second-order valence-corrected chi connectivity index (χ2v) is 10.5. The number of carbonyl (C=O) groups excluding carboxylic acids is 2. The number of pyridine rings is 2. The second-order valence-electron chi connectivity index (χ2n) is 10.5. The maximum Gasteiger partial charge on any atom is 0.274 e. The fourth-order valence-corrected chi connectivity index (χ4v) is 4.97. The Morgan fingerprint density at radius 3 is 2.79 bits per heavy atom. The number of carbonyl (C=O) groups is 2. The average Bonchev–Trinajstić information content (AvgIpc) is 3.39. The largest absolute Gasteiger partial charge is 0.503 e. The van der Waals surface area contributed by atoms with Crippen molar-refractivity contribution in [3.8, 4) is 17.3 Å². The molecule has 4 aromatic heterocycles. The molecule has 1 unspecified atom stereocenters. The lowest BCUT2D eigenvalue weighted by molar-refractivity contribution is -0.121. The summed E-state index contributed by atoms with van der Waals surface area (Å²) in [6.45, 7) is 4.62. The number of hydrogen-bond donors (Lipinski definition) is 4. The minimum Gasteiger partial charge on any atom is -0.503 e. The van der Waals surface area contributed by atoms with Gasteiger partial charge < -0.3 is 25.2 Å². The number of aromatic amines is 1. The molecule has 0 fully saturated rings. The molecule has 13 nitrogen and oxygen atoms in total. The van der Waals surface area contributed by atoms with Crippen molar-refractivity contribution in [2.24, 2.45) is 0 Å². The average molecular weight is 596 g/mol. The highest BCUT2D eigenvalue weighted by molar-refractivity contribution is 5.96. The first-order valence-electron chi connectivity index (χ1n) is 13.9. The fraction of sp³-hybridized carbons (Fsp3) is 0.393. The normalized spacial score (nSPS) is 14.8. The number of H-pyrrole nitrogens is 1. The molecule has 0 radical (unpaired) electrons. The minimum atomic E-state index is -0.646. The van der Waals surface area contributed by atoms with Crippen LogP contribution in [0, 0.1) is 11.6 Å². The number of nitrogens with one attached hydrogen (secondary N) is 3. The van der Waals surface area contributed by atoms with Gasteiger partial charge in [0.05, 0.1) is 23.8 Å². The molecule has 4 aromatic rings. The van der Waals surface area contributed by atoms with Crippen molar-refractivity contribution in [1.82, 2.24) is 39.9 Å². The van der Waals surface area contributed by atoms with Crippen molar-refractivity contribution in [2.75, 3.05) is 25.0 Å². The van der Waals surface area contributed by atoms with Gasteiger partial charge in [-0.15, -0.1) is 0 Å². The van der Waals surface area contributed by atoms with Crippen LogP contribution in [0.5, 0.6) is 5.75 Å². The van der Waals surface area contributed by atoms with Crippen LogP contribution in [0.3, 0.4) is 0 Å². The maximum atomic E-state index is 14.3. The number of nitrogens with zero attached hydrogens (tertiary/aromatic N) is 6. The maximum absolute atomic E-state index is 14.3. The van der Waals surface area contributed by atoms with Gasteiger partial charge in [-0.1, -0.05) is 6.42 Å². The van der Waals surface area contributed by atoms with Crippen LogP contribution < -0.4 is 16.1 Å². The first-order valence-corrected chi connectivity index (χ1v) is 13.9. The minimum absolute atomic E-state index is 0.0161. The number of hydrogen-bond acceptors (Lipinski definition) is 9. The molecule has 5 rings (SSSR count). The van der Waals surface area contributed by atoms with Crippen molar-refractivity contribution < 1.29 is 23.5 Å². The van der Waals surface area contributed by atoms with E-state index in [9.17, 15) is 28.3 Å². The molecular formula is C28H31F2N9O4. The van der Waals surface area contributed by atoms with Gasteiger partial charge in [-0.25, -0.2) is 23.7 Å². The molecule has 0 spiro atoms. The molecule has 0 aromatic carbocycles. The number of halogens is 2. The first-order chi connectivity index (χ1) is 20.6. The first kappa shape index (κ1) is 29.5. The van der Waals surface area contributed by atoms with E-state index in [0.29, 0.717) is 43.4 Å². The molecule has 1 atom stereocenters. The molecule has 5 heterocycles. The lowest BCUT2D eigenvalue weighted by atomic mass is 10.1. The van der Waals surface area contributed by atoms with E-state index in [1.807, 2.05) is 13.8 Å². The van der Waals surface area contributed by atoms with Crippen LogP contribution in [-0.2, 0) is 4.79 Å². The SMILES string of the molecule is CC(C)N1CC(CNC(=O)CCCCCNc2nc(-c3n[nH]c4ncc(F)cc34)ncc2F)n2ccc(=O)c(O)c2C1=O. The lowest BCUT2D eigenvalue weighted by Gasteiger charge is -2.38. The Balaban J connectivity index is 1.09. The number of aromatic nitrogens is 6. The molecule has 226 valence electrons. The Bertz CT molecular complexity index is 1720. The number of aromatic hydroxyl groups is 1. The third-order valence-corrected chi connectivity index (χ3v) is 7.24. The Morgan fingerprint density at radius 1 is 1.19 bits per heavy atom. The standard InChI is InChI=1S/C28H31F2N9O4/c1-15(2)39-14-17(38-9-7-20(40)24(42)23(38)28(39)43)12-32-21(41)6-4-3-5-8-31-26-19(30)13-34-27(35-26)22-18-10-16(29)11-33-25(18)37-36-22/h7,9-11,13,15,17,42H,3-6,8,12,14H2,1-2H3,(H,32,41)(H,31,34,35)(H,33,36,37). The van der Waals surface area contributed by atoms with E-state index in [1.54, 1.807) is 9.47 Å². The Hall–Kier alpha value is -4.95. The highest BCUT2D eigenvalue weighted by Crippen LogP contribution is 2.27. The van der Waals surface area contributed by atoms with Gasteiger partial charge in [-0.3, -0.25) is 19.5 Å². The highest BCUT2D eigenvalue weighted by Gasteiger charge is 2.34. The molecule has 1 aliphatic rings. The van der Waals surface area contributed by atoms with E-state index >= 15 is 0 Å². The molecule has 43 heavy (non-hydrogen) atoms. The van der Waals surface area contributed by atoms with E-state index in [0.717, 1.165) is 12.4 Å². The predicted molar refractivity (Wildman–Crippen MR) is 152 cm³/mol. The third-order valence-electron chi connectivity index (χ3n) is 7.24. The smallest absolute Gasteiger partial charge is 0.274 e. The summed E-state index contributed by atoms with van der Waals surface area (Å²) in [6.07, 6.45) is 5.73. The van der Waals surface area contributed by atoms with Gasteiger partial charge >= 0.3 is 0 Å². The van der Waals surface area contributed by atoms with Crippen molar-refractivity contribution in [1.29, 1.82) is 0 Å². The second kappa shape index (κ2) is 12.5. The van der Waals surface area contributed by atoms with Crippen LogP contribution in [0.2, 0.25) is 0 Å². The molecule has 0 saturated carbocycles. The summed E-state index contributed by atoms with van der Waals surface area (Å²) in [6, 6.07) is 1.94. The van der Waals surface area contributed by atoms with E-state index in [-0.39, 0.29) is 54.0 Å². The molecule has 0 saturated heterocycles. The molecule has 1 aliphatic heterocycles. The van der Waals surface area contributed by atoms with Gasteiger partial charge in [-0.2, -0.15) is 5.10 Å². The van der Waals surface area contributed by atoms with Crippen molar-refractivity contribution in [2.45, 2.75) is 51.6 Å². The van der Waals surface area contributed by atoms with E-state index in [1.165, 1.54) is 18.3 Å². The van der Waals surface area contributed by atoms with Crippen molar-refractivity contribution in [3.63, 3.8) is 0 Å². The zero-order chi connectivity index (χ0) is 30.7. The zero-order valence-corrected chi connectivity index (χ0v) is 23.6. The zero-order valence-electron chi connectivity index (χ0n) is 23.6. The lowest BCUT2D eigenvalue weighted by Crippen LogP contribution is -2.50. The van der Waals surface area contributed by atoms with Crippen LogP contribution in [0.15, 0.2) is 35.5 Å². The quantitative estimate of drug-likeness (QED) is 0.190. The highest BCUT2D eigenvalue weighted by atomic mass is 19.1. The summed E-state index contributed by atoms with van der Waals surface area (Å²) in [5.74, 6) is -2.29. The van der Waals surface area contributed by atoms with E-state index in [2.05, 4.69) is 35.8 Å². The van der Waals surface area contributed by atoms with Gasteiger partial charge in [0.2, 0.25) is 11.3 Å². The number of fused-ring (bicyclic) bond motifs is 2. The van der Waals surface area contributed by atoms with Gasteiger partial charge in [0, 0.05) is 44.4 Å². The number of unbranched alkanes of at least 4 members (excludes halogenated alkanes) is 2. The van der Waals surface area contributed by atoms with Gasteiger partial charge in [0.15, 0.2) is 34.6 Å². The summed E-state index contributed by atoms with van der Waals surface area (Å²) < 4.78 is 29.5. The third kappa shape index (κ3) is 6.29. The summed E-state index contributed by atoms with van der Waals surface area (Å²) in [5, 5.41) is 23.2. The Labute approximate surface area is 244 Å². The van der Waals surface area contributed by atoms with Crippen LogP contribution in [0.4, 0.5) is 14.6 Å². The van der Waals surface area contributed by atoms with Gasteiger partial charge in [0.1, 0.15) is 11.5 Å². The molecular weight excluding hydrogens is 564 g/mol.